The lowest BCUT2D eigenvalue weighted by molar-refractivity contribution is -0.119. The van der Waals surface area contributed by atoms with Gasteiger partial charge in [0.1, 0.15) is 0 Å². The predicted molar refractivity (Wildman–Crippen MR) is 109 cm³/mol. The normalized spacial score (nSPS) is 20.1. The second-order valence-electron chi connectivity index (χ2n) is 6.80. The van der Waals surface area contributed by atoms with Crippen LogP contribution in [0.15, 0.2) is 53.7 Å². The SMILES string of the molecule is O=C1CCCC2=C1C(c1ccc(Cl)cc1)CC(=O)N2c1cc(Cl)cc(Cl)c1. The highest BCUT2D eigenvalue weighted by atomic mass is 35.5. The number of hydrogen-bond acceptors (Lipinski definition) is 2. The number of anilines is 1. The van der Waals surface area contributed by atoms with Gasteiger partial charge in [0, 0.05) is 45.1 Å². The zero-order valence-corrected chi connectivity index (χ0v) is 16.6. The van der Waals surface area contributed by atoms with E-state index in [1.54, 1.807) is 35.2 Å². The van der Waals surface area contributed by atoms with Crippen LogP contribution in [0.2, 0.25) is 15.1 Å². The maximum absolute atomic E-state index is 13.1. The van der Waals surface area contributed by atoms with E-state index >= 15 is 0 Å². The van der Waals surface area contributed by atoms with Crippen molar-refractivity contribution in [1.82, 2.24) is 0 Å². The van der Waals surface area contributed by atoms with E-state index in [2.05, 4.69) is 0 Å². The summed E-state index contributed by atoms with van der Waals surface area (Å²) in [5.74, 6) is -0.216. The molecule has 1 atom stereocenters. The molecule has 1 aliphatic heterocycles. The lowest BCUT2D eigenvalue weighted by Gasteiger charge is -2.38. The Morgan fingerprint density at radius 1 is 0.852 bits per heavy atom. The minimum atomic E-state index is -0.247. The zero-order valence-electron chi connectivity index (χ0n) is 14.3. The standard InChI is InChI=1S/C21H16Cl3NO2/c22-13-6-4-12(5-7-13)17-11-20(27)25(16-9-14(23)8-15(24)10-16)18-2-1-3-19(26)21(17)18/h4-10,17H,1-3,11H2. The molecule has 0 fully saturated rings. The van der Waals surface area contributed by atoms with Crippen molar-refractivity contribution in [3.8, 4) is 0 Å². The molecule has 0 bridgehead atoms. The second kappa shape index (κ2) is 7.31. The van der Waals surface area contributed by atoms with Crippen molar-refractivity contribution in [1.29, 1.82) is 0 Å². The summed E-state index contributed by atoms with van der Waals surface area (Å²) < 4.78 is 0. The number of carbonyl (C=O) groups excluding carboxylic acids is 2. The second-order valence-corrected chi connectivity index (χ2v) is 8.11. The van der Waals surface area contributed by atoms with Crippen molar-refractivity contribution in [2.75, 3.05) is 4.90 Å². The number of allylic oxidation sites excluding steroid dienone is 2. The van der Waals surface area contributed by atoms with Crippen molar-refractivity contribution >= 4 is 52.2 Å². The number of nitrogens with zero attached hydrogens (tertiary/aromatic N) is 1. The van der Waals surface area contributed by atoms with Gasteiger partial charge in [-0.25, -0.2) is 0 Å². The fraction of sp³-hybridized carbons (Fsp3) is 0.238. The van der Waals surface area contributed by atoms with Gasteiger partial charge in [-0.1, -0.05) is 46.9 Å². The monoisotopic (exact) mass is 419 g/mol. The summed E-state index contributed by atoms with van der Waals surface area (Å²) in [7, 11) is 0. The number of carbonyl (C=O) groups is 2. The molecule has 2 aromatic carbocycles. The molecule has 1 heterocycles. The molecule has 0 radical (unpaired) electrons. The molecule has 0 N–H and O–H groups in total. The van der Waals surface area contributed by atoms with Crippen LogP contribution >= 0.6 is 34.8 Å². The summed E-state index contributed by atoms with van der Waals surface area (Å²) in [6, 6.07) is 12.4. The topological polar surface area (TPSA) is 37.4 Å². The Labute approximate surface area is 172 Å². The third-order valence-corrected chi connectivity index (χ3v) is 5.74. The van der Waals surface area contributed by atoms with Crippen LogP contribution in [0.4, 0.5) is 5.69 Å². The lowest BCUT2D eigenvalue weighted by atomic mass is 9.77. The van der Waals surface area contributed by atoms with E-state index in [1.807, 2.05) is 12.1 Å². The largest absolute Gasteiger partial charge is 0.294 e. The Morgan fingerprint density at radius 3 is 2.19 bits per heavy atom. The van der Waals surface area contributed by atoms with Crippen LogP contribution in [-0.4, -0.2) is 11.7 Å². The summed E-state index contributed by atoms with van der Waals surface area (Å²) in [5, 5.41) is 1.53. The molecule has 1 amide bonds. The van der Waals surface area contributed by atoms with Crippen LogP contribution in [-0.2, 0) is 9.59 Å². The minimum Gasteiger partial charge on any atom is -0.294 e. The molecule has 2 aromatic rings. The van der Waals surface area contributed by atoms with Crippen LogP contribution in [0.25, 0.3) is 0 Å². The highest BCUT2D eigenvalue weighted by Gasteiger charge is 2.39. The van der Waals surface area contributed by atoms with Crippen molar-refractivity contribution < 1.29 is 9.59 Å². The van der Waals surface area contributed by atoms with Gasteiger partial charge in [0.2, 0.25) is 5.91 Å². The predicted octanol–water partition coefficient (Wildman–Crippen LogP) is 6.17. The number of benzene rings is 2. The zero-order chi connectivity index (χ0) is 19.1. The first kappa shape index (κ1) is 18.5. The molecule has 0 aromatic heterocycles. The summed E-state index contributed by atoms with van der Waals surface area (Å²) >= 11 is 18.3. The summed E-state index contributed by atoms with van der Waals surface area (Å²) in [6.07, 6.45) is 2.11. The van der Waals surface area contributed by atoms with Gasteiger partial charge in [0.25, 0.3) is 0 Å². The van der Waals surface area contributed by atoms with E-state index in [0.29, 0.717) is 33.6 Å². The smallest absolute Gasteiger partial charge is 0.232 e. The van der Waals surface area contributed by atoms with Gasteiger partial charge in [0.15, 0.2) is 5.78 Å². The van der Waals surface area contributed by atoms with Crippen molar-refractivity contribution in [2.45, 2.75) is 31.6 Å². The van der Waals surface area contributed by atoms with Crippen molar-refractivity contribution in [3.63, 3.8) is 0 Å². The van der Waals surface area contributed by atoms with Crippen LogP contribution in [0.3, 0.4) is 0 Å². The van der Waals surface area contributed by atoms with Gasteiger partial charge in [0.05, 0.1) is 5.69 Å². The van der Waals surface area contributed by atoms with Crippen LogP contribution in [0.1, 0.15) is 37.2 Å². The van der Waals surface area contributed by atoms with Crippen molar-refractivity contribution in [3.05, 3.63) is 74.4 Å². The van der Waals surface area contributed by atoms with E-state index in [1.165, 1.54) is 0 Å². The van der Waals surface area contributed by atoms with Gasteiger partial charge in [-0.3, -0.25) is 14.5 Å². The van der Waals surface area contributed by atoms with Crippen LogP contribution in [0, 0.1) is 0 Å². The molecular weight excluding hydrogens is 405 g/mol. The number of amides is 1. The molecule has 138 valence electrons. The Kier molecular flexibility index (Phi) is 5.02. The quantitative estimate of drug-likeness (QED) is 0.582. The van der Waals surface area contributed by atoms with Gasteiger partial charge in [-0.2, -0.15) is 0 Å². The van der Waals surface area contributed by atoms with Gasteiger partial charge in [-0.05, 0) is 48.7 Å². The fourth-order valence-corrected chi connectivity index (χ4v) is 4.58. The van der Waals surface area contributed by atoms with Gasteiger partial charge >= 0.3 is 0 Å². The first-order chi connectivity index (χ1) is 12.9. The summed E-state index contributed by atoms with van der Waals surface area (Å²) in [4.78, 5) is 27.5. The first-order valence-corrected chi connectivity index (χ1v) is 9.88. The van der Waals surface area contributed by atoms with E-state index < -0.39 is 0 Å². The van der Waals surface area contributed by atoms with Crippen LogP contribution < -0.4 is 4.90 Å². The highest BCUT2D eigenvalue weighted by molar-refractivity contribution is 6.35. The minimum absolute atomic E-state index is 0.0678. The van der Waals surface area contributed by atoms with Gasteiger partial charge < -0.3 is 0 Å². The highest BCUT2D eigenvalue weighted by Crippen LogP contribution is 2.44. The first-order valence-electron chi connectivity index (χ1n) is 8.75. The molecule has 4 rings (SSSR count). The molecule has 3 nitrogen and oxygen atoms in total. The molecular formula is C21H16Cl3NO2. The van der Waals surface area contributed by atoms with Crippen LogP contribution in [0.5, 0.6) is 0 Å². The third kappa shape index (κ3) is 3.52. The molecule has 0 spiro atoms. The molecule has 6 heteroatoms. The maximum atomic E-state index is 13.1. The molecule has 1 unspecified atom stereocenters. The number of rotatable bonds is 2. The average Bonchev–Trinajstić information content (AvgIpc) is 2.61. The Bertz CT molecular complexity index is 946. The van der Waals surface area contributed by atoms with Crippen molar-refractivity contribution in [2.24, 2.45) is 0 Å². The molecule has 1 aliphatic carbocycles. The van der Waals surface area contributed by atoms with Gasteiger partial charge in [-0.15, -0.1) is 0 Å². The summed E-state index contributed by atoms with van der Waals surface area (Å²) in [5.41, 5.74) is 3.02. The number of Topliss-reactive ketones (excluding diaryl/α,β-unsaturated/α-hetero) is 1. The summed E-state index contributed by atoms with van der Waals surface area (Å²) in [6.45, 7) is 0. The molecule has 0 saturated carbocycles. The molecule has 27 heavy (non-hydrogen) atoms. The average molecular weight is 421 g/mol. The molecule has 0 saturated heterocycles. The number of hydrogen-bond donors (Lipinski definition) is 0. The van der Waals surface area contributed by atoms with E-state index in [9.17, 15) is 9.59 Å². The number of halogens is 3. The Hall–Kier alpha value is -1.81. The Morgan fingerprint density at radius 2 is 1.52 bits per heavy atom. The van der Waals surface area contributed by atoms with E-state index in [4.69, 9.17) is 34.8 Å². The maximum Gasteiger partial charge on any atom is 0.232 e. The van der Waals surface area contributed by atoms with E-state index in [-0.39, 0.29) is 24.0 Å². The Balaban J connectivity index is 1.86. The fourth-order valence-electron chi connectivity index (χ4n) is 3.94. The molecule has 2 aliphatic rings. The lowest BCUT2D eigenvalue weighted by Crippen LogP contribution is -2.40. The number of ketones is 1. The third-order valence-electron chi connectivity index (χ3n) is 5.05. The van der Waals surface area contributed by atoms with E-state index in [0.717, 1.165) is 23.3 Å².